The predicted molar refractivity (Wildman–Crippen MR) is 153 cm³/mol. The lowest BCUT2D eigenvalue weighted by molar-refractivity contribution is -0.112. The number of methoxy groups -OCH3 is 3. The average Bonchev–Trinajstić information content (AvgIpc) is 2.88. The first-order valence-corrected chi connectivity index (χ1v) is 13.3. The summed E-state index contributed by atoms with van der Waals surface area (Å²) in [7, 11) is 4.73. The molecule has 1 aliphatic rings. The molecule has 10 nitrogen and oxygen atoms in total. The van der Waals surface area contributed by atoms with E-state index in [0.717, 1.165) is 5.57 Å². The van der Waals surface area contributed by atoms with Gasteiger partial charge in [0, 0.05) is 50.4 Å². The molecule has 40 heavy (non-hydrogen) atoms. The maximum Gasteiger partial charge on any atom is 0.405 e. The van der Waals surface area contributed by atoms with E-state index in [1.807, 2.05) is 33.8 Å². The highest BCUT2D eigenvalue weighted by molar-refractivity contribution is 6.04. The first kappa shape index (κ1) is 32.9. The molecule has 1 aromatic rings. The topological polar surface area (TPSA) is 150 Å². The Kier molecular flexibility index (Phi) is 12.2. The minimum Gasteiger partial charge on any atom is -0.508 e. The number of nitrogens with two attached hydrogens (primary N) is 1. The first-order valence-electron chi connectivity index (χ1n) is 13.3. The lowest BCUT2D eigenvalue weighted by Crippen LogP contribution is -2.37. The van der Waals surface area contributed by atoms with Crippen molar-refractivity contribution in [3.63, 3.8) is 0 Å². The van der Waals surface area contributed by atoms with Gasteiger partial charge in [0.1, 0.15) is 17.6 Å². The first-order chi connectivity index (χ1) is 18.8. The largest absolute Gasteiger partial charge is 0.508 e. The van der Waals surface area contributed by atoms with E-state index in [4.69, 9.17) is 24.7 Å². The highest BCUT2D eigenvalue weighted by atomic mass is 16.6. The molecule has 0 spiro atoms. The lowest BCUT2D eigenvalue weighted by Gasteiger charge is -2.33. The molecule has 222 valence electrons. The van der Waals surface area contributed by atoms with Gasteiger partial charge in [-0.2, -0.15) is 0 Å². The molecule has 5 N–H and O–H groups in total. The third-order valence-corrected chi connectivity index (χ3v) is 7.33. The van der Waals surface area contributed by atoms with Gasteiger partial charge < -0.3 is 40.2 Å². The zero-order chi connectivity index (χ0) is 30.1. The molecule has 0 radical (unpaired) electrons. The van der Waals surface area contributed by atoms with Crippen molar-refractivity contribution in [2.45, 2.75) is 65.5 Å². The molecular formula is C30H44N2O8. The molecule has 0 aromatic heterocycles. The minimum absolute atomic E-state index is 0.0543. The van der Waals surface area contributed by atoms with Crippen LogP contribution in [-0.2, 0) is 23.7 Å². The minimum atomic E-state index is -0.891. The highest BCUT2D eigenvalue weighted by Crippen LogP contribution is 2.42. The van der Waals surface area contributed by atoms with Crippen molar-refractivity contribution in [3.05, 3.63) is 53.1 Å². The molecule has 0 saturated heterocycles. The number of phenols is 2. The van der Waals surface area contributed by atoms with Crippen molar-refractivity contribution in [1.82, 2.24) is 0 Å². The Labute approximate surface area is 236 Å². The Morgan fingerprint density at radius 1 is 1.00 bits per heavy atom. The SMILES string of the molecule is CO[C@@H]1[C@@H](C)/C=C(\C)[C@@H](OC(N)=O)[C@H](C)/C=C\C=C(/C)C(=O)Nc2cc(O)cc(c2O)[C@@H](OC)[C@@H](C)C[C@H]1OC. The van der Waals surface area contributed by atoms with E-state index >= 15 is 0 Å². The maximum absolute atomic E-state index is 12.9. The van der Waals surface area contributed by atoms with Crippen LogP contribution in [0.3, 0.4) is 0 Å². The van der Waals surface area contributed by atoms with Crippen molar-refractivity contribution in [2.24, 2.45) is 23.5 Å². The van der Waals surface area contributed by atoms with Crippen LogP contribution in [-0.4, -0.2) is 61.9 Å². The van der Waals surface area contributed by atoms with Crippen molar-refractivity contribution in [3.8, 4) is 11.5 Å². The predicted octanol–water partition coefficient (Wildman–Crippen LogP) is 4.98. The fraction of sp³-hybridized carbons (Fsp3) is 0.533. The van der Waals surface area contributed by atoms with Crippen LogP contribution < -0.4 is 11.1 Å². The number of anilines is 1. The van der Waals surface area contributed by atoms with E-state index in [-0.39, 0.29) is 47.1 Å². The number of hydrogen-bond acceptors (Lipinski definition) is 8. The van der Waals surface area contributed by atoms with Crippen LogP contribution in [0.15, 0.2) is 47.6 Å². The van der Waals surface area contributed by atoms with E-state index < -0.39 is 24.2 Å². The number of rotatable bonds is 4. The molecule has 2 bridgehead atoms. The van der Waals surface area contributed by atoms with Crippen LogP contribution in [0.25, 0.3) is 0 Å². The number of aromatic hydroxyl groups is 2. The van der Waals surface area contributed by atoms with Crippen molar-refractivity contribution < 1.29 is 38.7 Å². The number of primary amides is 1. The van der Waals surface area contributed by atoms with Gasteiger partial charge in [0.05, 0.1) is 24.0 Å². The standard InChI is InChI=1S/C30H44N2O8/c1-16-10-9-11-17(2)29(35)32-23-15-21(33)14-22(25(23)34)27(38-7)20(5)13-24(37-6)28(39-8)19(4)12-18(3)26(16)40-30(31)36/h9-12,14-16,19-20,24,26-28,33-34H,13H2,1-8H3,(H2,31,36)(H,32,35)/b10-9-,17-11+,18-12+/t16-,19+,20+,24-,26+,27+,28-/m1/s1. The number of amides is 2. The quantitative estimate of drug-likeness (QED) is 0.229. The van der Waals surface area contributed by atoms with Gasteiger partial charge in [-0.15, -0.1) is 0 Å². The number of carbonyl (C=O) groups is 2. The molecular weight excluding hydrogens is 516 g/mol. The van der Waals surface area contributed by atoms with E-state index in [1.54, 1.807) is 39.4 Å². The Bertz CT molecular complexity index is 1130. The second kappa shape index (κ2) is 14.9. The van der Waals surface area contributed by atoms with Crippen LogP contribution in [0.5, 0.6) is 11.5 Å². The summed E-state index contributed by atoms with van der Waals surface area (Å²) in [5, 5.41) is 24.2. The fourth-order valence-corrected chi connectivity index (χ4v) is 5.30. The molecule has 0 fully saturated rings. The molecule has 7 atom stereocenters. The molecule has 0 aliphatic carbocycles. The number of phenolic OH excluding ortho intramolecular Hbond substituents is 2. The van der Waals surface area contributed by atoms with Gasteiger partial charge in [0.15, 0.2) is 0 Å². The zero-order valence-electron chi connectivity index (χ0n) is 24.6. The summed E-state index contributed by atoms with van der Waals surface area (Å²) in [6.45, 7) is 9.30. The summed E-state index contributed by atoms with van der Waals surface area (Å²) in [4.78, 5) is 24.6. The summed E-state index contributed by atoms with van der Waals surface area (Å²) < 4.78 is 23.0. The van der Waals surface area contributed by atoms with Gasteiger partial charge >= 0.3 is 6.09 Å². The summed E-state index contributed by atoms with van der Waals surface area (Å²) in [6.07, 6.45) is 4.64. The number of hydrogen-bond donors (Lipinski definition) is 4. The number of carbonyl (C=O) groups excluding carboxylic acids is 2. The molecule has 10 heteroatoms. The van der Waals surface area contributed by atoms with Crippen molar-refractivity contribution >= 4 is 17.7 Å². The third kappa shape index (κ3) is 8.33. The van der Waals surface area contributed by atoms with E-state index in [9.17, 15) is 19.8 Å². The highest BCUT2D eigenvalue weighted by Gasteiger charge is 2.33. The average molecular weight is 561 g/mol. The van der Waals surface area contributed by atoms with Crippen LogP contribution >= 0.6 is 0 Å². The number of allylic oxidation sites excluding steroid dienone is 2. The second-order valence-electron chi connectivity index (χ2n) is 10.5. The van der Waals surface area contributed by atoms with Crippen LogP contribution in [0.2, 0.25) is 0 Å². The van der Waals surface area contributed by atoms with Gasteiger partial charge in [-0.25, -0.2) is 4.79 Å². The molecule has 0 unspecified atom stereocenters. The summed E-state index contributed by atoms with van der Waals surface area (Å²) in [5.41, 5.74) is 6.91. The Morgan fingerprint density at radius 3 is 2.25 bits per heavy atom. The summed E-state index contributed by atoms with van der Waals surface area (Å²) >= 11 is 0. The van der Waals surface area contributed by atoms with E-state index in [0.29, 0.717) is 17.6 Å². The van der Waals surface area contributed by atoms with Gasteiger partial charge in [-0.05, 0) is 37.8 Å². The Balaban J connectivity index is 2.67. The number of ether oxygens (including phenoxy) is 4. The van der Waals surface area contributed by atoms with Crippen LogP contribution in [0.1, 0.15) is 52.7 Å². The normalized spacial score (nSPS) is 32.2. The second-order valence-corrected chi connectivity index (χ2v) is 10.5. The maximum atomic E-state index is 12.9. The number of nitrogens with one attached hydrogen (secondary N) is 1. The lowest BCUT2D eigenvalue weighted by atomic mass is 9.86. The van der Waals surface area contributed by atoms with Gasteiger partial charge in [0.2, 0.25) is 0 Å². The van der Waals surface area contributed by atoms with E-state index in [2.05, 4.69) is 5.32 Å². The molecule has 2 rings (SSSR count). The van der Waals surface area contributed by atoms with Gasteiger partial charge in [-0.3, -0.25) is 4.79 Å². The zero-order valence-corrected chi connectivity index (χ0v) is 24.6. The van der Waals surface area contributed by atoms with Crippen molar-refractivity contribution in [2.75, 3.05) is 26.6 Å². The Morgan fingerprint density at radius 2 is 1.68 bits per heavy atom. The molecule has 1 aliphatic heterocycles. The molecule has 0 saturated carbocycles. The number of benzene rings is 1. The monoisotopic (exact) mass is 560 g/mol. The summed E-state index contributed by atoms with van der Waals surface area (Å²) in [6, 6.07) is 2.71. The van der Waals surface area contributed by atoms with Gasteiger partial charge in [-0.1, -0.05) is 45.1 Å². The smallest absolute Gasteiger partial charge is 0.405 e. The van der Waals surface area contributed by atoms with Crippen LogP contribution in [0.4, 0.5) is 10.5 Å². The fourth-order valence-electron chi connectivity index (χ4n) is 5.30. The van der Waals surface area contributed by atoms with Crippen molar-refractivity contribution in [1.29, 1.82) is 0 Å². The molecule has 2 amide bonds. The van der Waals surface area contributed by atoms with Crippen LogP contribution in [0, 0.1) is 17.8 Å². The van der Waals surface area contributed by atoms with E-state index in [1.165, 1.54) is 19.2 Å². The van der Waals surface area contributed by atoms with Gasteiger partial charge in [0.25, 0.3) is 5.91 Å². The number of fused-ring (bicyclic) bond motifs is 2. The molecule has 1 heterocycles. The molecule has 1 aromatic carbocycles. The Hall–Kier alpha value is -3.34. The third-order valence-electron chi connectivity index (χ3n) is 7.33. The summed E-state index contributed by atoms with van der Waals surface area (Å²) in [5.74, 6) is -1.43.